The first-order chi connectivity index (χ1) is 8.08. The van der Waals surface area contributed by atoms with Crippen molar-refractivity contribution >= 4 is 34.2 Å². The lowest BCUT2D eigenvalue weighted by Crippen LogP contribution is -2.24. The van der Waals surface area contributed by atoms with E-state index in [4.69, 9.17) is 27.6 Å². The molecular formula is C13H15Cl2NO. The summed E-state index contributed by atoms with van der Waals surface area (Å²) in [6, 6.07) is 4.09. The average molecular weight is 272 g/mol. The van der Waals surface area contributed by atoms with Crippen molar-refractivity contribution in [3.05, 3.63) is 34.0 Å². The van der Waals surface area contributed by atoms with Crippen molar-refractivity contribution in [1.82, 2.24) is 5.32 Å². The molecule has 92 valence electrons. The molecule has 0 atom stereocenters. The molecule has 0 amide bonds. The summed E-state index contributed by atoms with van der Waals surface area (Å²) >= 11 is 12.1. The van der Waals surface area contributed by atoms with Crippen molar-refractivity contribution in [1.29, 1.82) is 0 Å². The number of fused-ring (bicyclic) bond motifs is 1. The number of hydrogen-bond donors (Lipinski definition) is 1. The van der Waals surface area contributed by atoms with Crippen LogP contribution in [0.25, 0.3) is 11.0 Å². The summed E-state index contributed by atoms with van der Waals surface area (Å²) in [4.78, 5) is 0. The third-order valence-corrected chi connectivity index (χ3v) is 3.12. The van der Waals surface area contributed by atoms with Gasteiger partial charge in [-0.15, -0.1) is 0 Å². The lowest BCUT2D eigenvalue weighted by molar-refractivity contribution is 0.580. The van der Waals surface area contributed by atoms with Crippen molar-refractivity contribution in [3.8, 4) is 0 Å². The number of nitrogens with one attached hydrogen (secondary N) is 1. The van der Waals surface area contributed by atoms with Crippen molar-refractivity contribution in [2.75, 3.05) is 6.54 Å². The summed E-state index contributed by atoms with van der Waals surface area (Å²) < 4.78 is 5.47. The average Bonchev–Trinajstić information content (AvgIpc) is 2.61. The van der Waals surface area contributed by atoms with Crippen molar-refractivity contribution in [3.63, 3.8) is 0 Å². The van der Waals surface area contributed by atoms with E-state index in [0.717, 1.165) is 29.5 Å². The molecule has 0 bridgehead atoms. The van der Waals surface area contributed by atoms with E-state index in [0.29, 0.717) is 16.1 Å². The molecule has 0 saturated heterocycles. The van der Waals surface area contributed by atoms with Crippen LogP contribution < -0.4 is 5.32 Å². The minimum absolute atomic E-state index is 0.486. The first kappa shape index (κ1) is 12.7. The quantitative estimate of drug-likeness (QED) is 0.898. The topological polar surface area (TPSA) is 25.2 Å². The van der Waals surface area contributed by atoms with E-state index in [9.17, 15) is 0 Å². The monoisotopic (exact) mass is 271 g/mol. The molecule has 17 heavy (non-hydrogen) atoms. The third kappa shape index (κ3) is 2.95. The molecule has 0 spiro atoms. The molecule has 0 aliphatic heterocycles. The van der Waals surface area contributed by atoms with Gasteiger partial charge in [-0.25, -0.2) is 0 Å². The highest BCUT2D eigenvalue weighted by atomic mass is 35.5. The third-order valence-electron chi connectivity index (χ3n) is 2.62. The van der Waals surface area contributed by atoms with Crippen LogP contribution in [-0.4, -0.2) is 12.6 Å². The zero-order valence-electron chi connectivity index (χ0n) is 9.89. The molecule has 0 radical (unpaired) electrons. The lowest BCUT2D eigenvalue weighted by Gasteiger charge is -2.06. The minimum atomic E-state index is 0.486. The zero-order chi connectivity index (χ0) is 12.4. The maximum atomic E-state index is 6.07. The van der Waals surface area contributed by atoms with Gasteiger partial charge in [0.2, 0.25) is 0 Å². The molecule has 1 N–H and O–H groups in total. The maximum Gasteiger partial charge on any atom is 0.152 e. The Bertz CT molecular complexity index is 519. The van der Waals surface area contributed by atoms with Gasteiger partial charge in [-0.3, -0.25) is 0 Å². The molecule has 1 aromatic carbocycles. The van der Waals surface area contributed by atoms with Crippen LogP contribution in [-0.2, 0) is 6.42 Å². The molecule has 1 aromatic heterocycles. The SMILES string of the molecule is CC(C)NCCc1coc2c(Cl)cc(Cl)cc12. The summed E-state index contributed by atoms with van der Waals surface area (Å²) in [6.45, 7) is 5.17. The molecule has 2 nitrogen and oxygen atoms in total. The van der Waals surface area contributed by atoms with Crippen molar-refractivity contribution in [2.24, 2.45) is 0 Å². The summed E-state index contributed by atoms with van der Waals surface area (Å²) in [5.41, 5.74) is 1.85. The van der Waals surface area contributed by atoms with Gasteiger partial charge in [0.1, 0.15) is 0 Å². The molecule has 0 aliphatic rings. The van der Waals surface area contributed by atoms with Crippen LogP contribution in [0.4, 0.5) is 0 Å². The van der Waals surface area contributed by atoms with Gasteiger partial charge in [0.05, 0.1) is 11.3 Å². The molecule has 0 saturated carbocycles. The van der Waals surface area contributed by atoms with Gasteiger partial charge < -0.3 is 9.73 Å². The molecule has 0 aliphatic carbocycles. The Morgan fingerprint density at radius 2 is 2.06 bits per heavy atom. The van der Waals surface area contributed by atoms with E-state index in [1.165, 1.54) is 0 Å². The fraction of sp³-hybridized carbons (Fsp3) is 0.385. The molecule has 2 aromatic rings. The predicted molar refractivity (Wildman–Crippen MR) is 73.1 cm³/mol. The molecular weight excluding hydrogens is 257 g/mol. The van der Waals surface area contributed by atoms with Gasteiger partial charge in [0.15, 0.2) is 5.58 Å². The minimum Gasteiger partial charge on any atom is -0.462 e. The molecule has 4 heteroatoms. The maximum absolute atomic E-state index is 6.07. The van der Waals surface area contributed by atoms with E-state index < -0.39 is 0 Å². The van der Waals surface area contributed by atoms with Crippen LogP contribution in [0.15, 0.2) is 22.8 Å². The normalized spacial score (nSPS) is 11.6. The number of furan rings is 1. The van der Waals surface area contributed by atoms with Crippen LogP contribution in [0.5, 0.6) is 0 Å². The van der Waals surface area contributed by atoms with Crippen molar-refractivity contribution in [2.45, 2.75) is 26.3 Å². The smallest absolute Gasteiger partial charge is 0.152 e. The fourth-order valence-electron chi connectivity index (χ4n) is 1.80. The predicted octanol–water partition coefficient (Wildman–Crippen LogP) is 4.28. The van der Waals surface area contributed by atoms with Gasteiger partial charge in [-0.1, -0.05) is 37.0 Å². The highest BCUT2D eigenvalue weighted by Gasteiger charge is 2.10. The fourth-order valence-corrected chi connectivity index (χ4v) is 2.34. The van der Waals surface area contributed by atoms with Gasteiger partial charge in [-0.05, 0) is 30.7 Å². The van der Waals surface area contributed by atoms with Gasteiger partial charge in [0.25, 0.3) is 0 Å². The second kappa shape index (κ2) is 5.30. The van der Waals surface area contributed by atoms with Crippen LogP contribution >= 0.6 is 23.2 Å². The number of halogens is 2. The van der Waals surface area contributed by atoms with Crippen molar-refractivity contribution < 1.29 is 4.42 Å². The number of benzene rings is 1. The first-order valence-corrected chi connectivity index (χ1v) is 6.42. The highest BCUT2D eigenvalue weighted by molar-refractivity contribution is 6.38. The summed E-state index contributed by atoms with van der Waals surface area (Å²) in [5.74, 6) is 0. The Morgan fingerprint density at radius 1 is 1.29 bits per heavy atom. The first-order valence-electron chi connectivity index (χ1n) is 5.66. The Balaban J connectivity index is 2.23. The van der Waals surface area contributed by atoms with E-state index in [1.54, 1.807) is 12.3 Å². The van der Waals surface area contributed by atoms with Gasteiger partial charge in [-0.2, -0.15) is 0 Å². The van der Waals surface area contributed by atoms with E-state index in [1.807, 2.05) is 6.07 Å². The Labute approximate surface area is 111 Å². The van der Waals surface area contributed by atoms with E-state index >= 15 is 0 Å². The molecule has 1 heterocycles. The van der Waals surface area contributed by atoms with Crippen LogP contribution in [0.3, 0.4) is 0 Å². The second-order valence-corrected chi connectivity index (χ2v) is 5.23. The van der Waals surface area contributed by atoms with E-state index in [2.05, 4.69) is 19.2 Å². The Hall–Kier alpha value is -0.700. The lowest BCUT2D eigenvalue weighted by atomic mass is 10.1. The summed E-state index contributed by atoms with van der Waals surface area (Å²) in [6.07, 6.45) is 2.66. The van der Waals surface area contributed by atoms with E-state index in [-0.39, 0.29) is 0 Å². The zero-order valence-corrected chi connectivity index (χ0v) is 11.4. The van der Waals surface area contributed by atoms with Gasteiger partial charge in [0, 0.05) is 16.5 Å². The van der Waals surface area contributed by atoms with Crippen LogP contribution in [0, 0.1) is 0 Å². The standard InChI is InChI=1S/C13H15Cl2NO/c1-8(2)16-4-3-9-7-17-13-11(9)5-10(14)6-12(13)15/h5-8,16H,3-4H2,1-2H3. The number of rotatable bonds is 4. The summed E-state index contributed by atoms with van der Waals surface area (Å²) in [7, 11) is 0. The van der Waals surface area contributed by atoms with Crippen LogP contribution in [0.2, 0.25) is 10.0 Å². The Morgan fingerprint density at radius 3 is 2.76 bits per heavy atom. The molecule has 2 rings (SSSR count). The van der Waals surface area contributed by atoms with Gasteiger partial charge >= 0.3 is 0 Å². The summed E-state index contributed by atoms with van der Waals surface area (Å²) in [5, 5.41) is 5.58. The number of hydrogen-bond acceptors (Lipinski definition) is 2. The largest absolute Gasteiger partial charge is 0.462 e. The Kier molecular flexibility index (Phi) is 3.97. The van der Waals surface area contributed by atoms with Crippen LogP contribution in [0.1, 0.15) is 19.4 Å². The molecule has 0 unspecified atom stereocenters. The molecule has 0 fully saturated rings. The highest BCUT2D eigenvalue weighted by Crippen LogP contribution is 2.31. The second-order valence-electron chi connectivity index (χ2n) is 4.38.